The summed E-state index contributed by atoms with van der Waals surface area (Å²) < 4.78 is 0. The van der Waals surface area contributed by atoms with Crippen molar-refractivity contribution in [2.75, 3.05) is 5.75 Å². The molecular weight excluding hydrogens is 262 g/mol. The van der Waals surface area contributed by atoms with Gasteiger partial charge in [0.1, 0.15) is 0 Å². The van der Waals surface area contributed by atoms with Gasteiger partial charge < -0.3 is 5.73 Å². The van der Waals surface area contributed by atoms with Crippen molar-refractivity contribution in [1.82, 2.24) is 0 Å². The van der Waals surface area contributed by atoms with Crippen LogP contribution in [0, 0.1) is 6.92 Å². The van der Waals surface area contributed by atoms with E-state index in [0.29, 0.717) is 0 Å². The molecule has 0 bridgehead atoms. The van der Waals surface area contributed by atoms with Gasteiger partial charge in [-0.1, -0.05) is 48.0 Å². The van der Waals surface area contributed by atoms with Crippen LogP contribution in [0.25, 0.3) is 0 Å². The van der Waals surface area contributed by atoms with Gasteiger partial charge in [0.25, 0.3) is 0 Å². The van der Waals surface area contributed by atoms with Gasteiger partial charge in [-0.15, -0.1) is 11.8 Å². The molecule has 2 aromatic rings. The highest BCUT2D eigenvalue weighted by Crippen LogP contribution is 2.28. The third-order valence-electron chi connectivity index (χ3n) is 2.82. The summed E-state index contributed by atoms with van der Waals surface area (Å²) in [4.78, 5) is 1.28. The Labute approximate surface area is 117 Å². The van der Waals surface area contributed by atoms with E-state index in [1.165, 1.54) is 10.5 Å². The zero-order valence-electron chi connectivity index (χ0n) is 10.3. The van der Waals surface area contributed by atoms with Gasteiger partial charge in [-0.3, -0.25) is 0 Å². The third-order valence-corrected chi connectivity index (χ3v) is 4.46. The van der Waals surface area contributed by atoms with Crippen LogP contribution in [0.1, 0.15) is 17.2 Å². The Balaban J connectivity index is 2.03. The molecule has 0 aliphatic carbocycles. The molecule has 1 atom stereocenters. The number of nitrogens with two attached hydrogens (primary N) is 1. The van der Waals surface area contributed by atoms with Crippen molar-refractivity contribution in [1.29, 1.82) is 0 Å². The largest absolute Gasteiger partial charge is 0.323 e. The lowest BCUT2D eigenvalue weighted by Crippen LogP contribution is -2.13. The molecule has 0 fully saturated rings. The molecule has 0 heterocycles. The molecule has 2 rings (SSSR count). The Bertz CT molecular complexity index is 527. The third kappa shape index (κ3) is 3.29. The first kappa shape index (κ1) is 13.5. The normalized spacial score (nSPS) is 12.4. The molecule has 3 heteroatoms. The maximum atomic E-state index is 6.19. The number of aryl methyl sites for hydroxylation is 1. The topological polar surface area (TPSA) is 26.0 Å². The lowest BCUT2D eigenvalue weighted by molar-refractivity contribution is 0.831. The predicted octanol–water partition coefficient (Wildman–Crippen LogP) is 4.44. The van der Waals surface area contributed by atoms with E-state index in [1.54, 1.807) is 11.8 Å². The molecule has 0 saturated heterocycles. The molecule has 18 heavy (non-hydrogen) atoms. The van der Waals surface area contributed by atoms with Crippen LogP contribution in [0.3, 0.4) is 0 Å². The molecule has 0 aromatic heterocycles. The van der Waals surface area contributed by atoms with Gasteiger partial charge in [0.2, 0.25) is 0 Å². The van der Waals surface area contributed by atoms with Crippen LogP contribution in [-0.2, 0) is 0 Å². The van der Waals surface area contributed by atoms with E-state index in [1.807, 2.05) is 30.3 Å². The summed E-state index contributed by atoms with van der Waals surface area (Å²) in [6.45, 7) is 2.11. The molecule has 94 valence electrons. The van der Waals surface area contributed by atoms with Crippen molar-refractivity contribution in [2.24, 2.45) is 5.73 Å². The summed E-state index contributed by atoms with van der Waals surface area (Å²) >= 11 is 7.92. The predicted molar refractivity (Wildman–Crippen MR) is 80.3 cm³/mol. The van der Waals surface area contributed by atoms with E-state index in [9.17, 15) is 0 Å². The second-order valence-corrected chi connectivity index (χ2v) is 5.67. The van der Waals surface area contributed by atoms with Crippen molar-refractivity contribution in [3.63, 3.8) is 0 Å². The van der Waals surface area contributed by atoms with Crippen molar-refractivity contribution < 1.29 is 0 Å². The van der Waals surface area contributed by atoms with Crippen LogP contribution in [0.5, 0.6) is 0 Å². The fourth-order valence-electron chi connectivity index (χ4n) is 1.76. The molecule has 0 radical (unpaired) electrons. The minimum atomic E-state index is -0.0386. The van der Waals surface area contributed by atoms with E-state index in [2.05, 4.69) is 25.1 Å². The number of rotatable bonds is 4. The van der Waals surface area contributed by atoms with Gasteiger partial charge in [-0.25, -0.2) is 0 Å². The van der Waals surface area contributed by atoms with E-state index >= 15 is 0 Å². The molecule has 0 aliphatic heterocycles. The maximum Gasteiger partial charge on any atom is 0.0454 e. The number of thioether (sulfide) groups is 1. The fourth-order valence-corrected chi connectivity index (χ4v) is 3.05. The van der Waals surface area contributed by atoms with Crippen LogP contribution in [0.15, 0.2) is 53.4 Å². The second-order valence-electron chi connectivity index (χ2n) is 4.20. The van der Waals surface area contributed by atoms with Crippen LogP contribution < -0.4 is 5.73 Å². The molecule has 2 aromatic carbocycles. The summed E-state index contributed by atoms with van der Waals surface area (Å²) in [5.74, 6) is 0.828. The van der Waals surface area contributed by atoms with E-state index < -0.39 is 0 Å². The molecule has 0 saturated carbocycles. The van der Waals surface area contributed by atoms with Gasteiger partial charge in [-0.2, -0.15) is 0 Å². The minimum Gasteiger partial charge on any atom is -0.323 e. The zero-order valence-corrected chi connectivity index (χ0v) is 11.8. The average Bonchev–Trinajstić information content (AvgIpc) is 2.38. The molecule has 0 spiro atoms. The first-order valence-electron chi connectivity index (χ1n) is 5.87. The number of benzene rings is 2. The van der Waals surface area contributed by atoms with Crippen LogP contribution in [0.2, 0.25) is 5.02 Å². The summed E-state index contributed by atoms with van der Waals surface area (Å²) in [6.07, 6.45) is 0. The molecule has 0 aliphatic rings. The highest BCUT2D eigenvalue weighted by Gasteiger charge is 2.10. The van der Waals surface area contributed by atoms with E-state index in [4.69, 9.17) is 17.3 Å². The zero-order chi connectivity index (χ0) is 13.0. The van der Waals surface area contributed by atoms with Gasteiger partial charge in [0, 0.05) is 21.7 Å². The second kappa shape index (κ2) is 6.28. The number of hydrogen-bond acceptors (Lipinski definition) is 2. The van der Waals surface area contributed by atoms with E-state index in [0.717, 1.165) is 16.3 Å². The van der Waals surface area contributed by atoms with Crippen molar-refractivity contribution in [3.05, 3.63) is 64.7 Å². The first-order valence-corrected chi connectivity index (χ1v) is 7.23. The highest BCUT2D eigenvalue weighted by atomic mass is 35.5. The van der Waals surface area contributed by atoms with Crippen LogP contribution in [-0.4, -0.2) is 5.75 Å². The standard InChI is InChI=1S/C15H16ClNS/c1-11-6-2-5-9-15(11)18-10-14(17)12-7-3-4-8-13(12)16/h2-9,14H,10,17H2,1H3. The summed E-state index contributed by atoms with van der Waals surface area (Å²) in [5.41, 5.74) is 8.49. The lowest BCUT2D eigenvalue weighted by Gasteiger charge is -2.14. The van der Waals surface area contributed by atoms with Gasteiger partial charge >= 0.3 is 0 Å². The van der Waals surface area contributed by atoms with Gasteiger partial charge in [-0.05, 0) is 30.2 Å². The van der Waals surface area contributed by atoms with Gasteiger partial charge in [0.15, 0.2) is 0 Å². The average molecular weight is 278 g/mol. The Morgan fingerprint density at radius 3 is 2.50 bits per heavy atom. The smallest absolute Gasteiger partial charge is 0.0454 e. The van der Waals surface area contributed by atoms with E-state index in [-0.39, 0.29) is 6.04 Å². The molecular formula is C15H16ClNS. The maximum absolute atomic E-state index is 6.19. The Kier molecular flexibility index (Phi) is 4.70. The summed E-state index contributed by atoms with van der Waals surface area (Å²) in [5, 5.41) is 0.746. The van der Waals surface area contributed by atoms with Crippen LogP contribution >= 0.6 is 23.4 Å². The molecule has 2 N–H and O–H groups in total. The SMILES string of the molecule is Cc1ccccc1SCC(N)c1ccccc1Cl. The monoisotopic (exact) mass is 277 g/mol. The van der Waals surface area contributed by atoms with Crippen LogP contribution in [0.4, 0.5) is 0 Å². The summed E-state index contributed by atoms with van der Waals surface area (Å²) in [6, 6.07) is 16.1. The van der Waals surface area contributed by atoms with Crippen molar-refractivity contribution in [2.45, 2.75) is 17.9 Å². The van der Waals surface area contributed by atoms with Gasteiger partial charge in [0.05, 0.1) is 0 Å². The first-order chi connectivity index (χ1) is 8.68. The summed E-state index contributed by atoms with van der Waals surface area (Å²) in [7, 11) is 0. The Morgan fingerprint density at radius 1 is 1.11 bits per heavy atom. The highest BCUT2D eigenvalue weighted by molar-refractivity contribution is 7.99. The van der Waals surface area contributed by atoms with Crippen molar-refractivity contribution >= 4 is 23.4 Å². The number of halogens is 1. The molecule has 1 unspecified atom stereocenters. The van der Waals surface area contributed by atoms with Crippen molar-refractivity contribution in [3.8, 4) is 0 Å². The Morgan fingerprint density at radius 2 is 1.78 bits per heavy atom. The number of hydrogen-bond donors (Lipinski definition) is 1. The Hall–Kier alpha value is -0.960. The molecule has 1 nitrogen and oxygen atoms in total. The quantitative estimate of drug-likeness (QED) is 0.836. The fraction of sp³-hybridized carbons (Fsp3) is 0.200. The minimum absolute atomic E-state index is 0.0386. The molecule has 0 amide bonds. The lowest BCUT2D eigenvalue weighted by atomic mass is 10.1.